The monoisotopic (exact) mass is 170 g/mol. The SMILES string of the molecule is Cn1ccnc1.F.FB(F)F. The van der Waals surface area contributed by atoms with Crippen molar-refractivity contribution in [1.82, 2.24) is 9.55 Å². The zero-order valence-electron chi connectivity index (χ0n) is 5.75. The molecule has 0 fully saturated rings. The minimum Gasteiger partial charge on any atom is -0.341 e. The summed E-state index contributed by atoms with van der Waals surface area (Å²) >= 11 is 0. The molecule has 0 atom stereocenters. The van der Waals surface area contributed by atoms with Gasteiger partial charge in [-0.25, -0.2) is 4.98 Å². The number of nitrogens with zero attached hydrogens (tertiary/aromatic N) is 2. The summed E-state index contributed by atoms with van der Waals surface area (Å²) in [7, 11) is -1.73. The maximum absolute atomic E-state index is 9.67. The van der Waals surface area contributed by atoms with Crippen LogP contribution >= 0.6 is 0 Å². The third kappa shape index (κ3) is 12.2. The van der Waals surface area contributed by atoms with Gasteiger partial charge in [0.05, 0.1) is 6.33 Å². The molecule has 0 unspecified atom stereocenters. The second-order valence-electron chi connectivity index (χ2n) is 1.48. The first-order chi connectivity index (χ1) is 4.63. The van der Waals surface area contributed by atoms with Gasteiger partial charge in [-0.3, -0.25) is 17.7 Å². The molecule has 64 valence electrons. The predicted molar refractivity (Wildman–Crippen MR) is 34.8 cm³/mol. The van der Waals surface area contributed by atoms with Crippen LogP contribution in [0.3, 0.4) is 0 Å². The van der Waals surface area contributed by atoms with Gasteiger partial charge in [0.15, 0.2) is 0 Å². The van der Waals surface area contributed by atoms with Crippen LogP contribution in [-0.4, -0.2) is 17.1 Å². The molecule has 1 aromatic rings. The second kappa shape index (κ2) is 7.11. The Morgan fingerprint density at radius 1 is 1.36 bits per heavy atom. The lowest BCUT2D eigenvalue weighted by molar-refractivity contribution is 0.535. The van der Waals surface area contributed by atoms with E-state index in [-0.39, 0.29) is 4.70 Å². The number of halogens is 4. The maximum Gasteiger partial charge on any atom is 0.762 e. The topological polar surface area (TPSA) is 17.8 Å². The summed E-state index contributed by atoms with van der Waals surface area (Å²) < 4.78 is 30.9. The summed E-state index contributed by atoms with van der Waals surface area (Å²) in [5.41, 5.74) is 0. The molecule has 0 spiro atoms. The van der Waals surface area contributed by atoms with Crippen molar-refractivity contribution < 1.29 is 17.7 Å². The van der Waals surface area contributed by atoms with E-state index in [4.69, 9.17) is 0 Å². The number of imidazole rings is 1. The smallest absolute Gasteiger partial charge is 0.341 e. The van der Waals surface area contributed by atoms with Crippen LogP contribution in [0.15, 0.2) is 18.7 Å². The second-order valence-corrected chi connectivity index (χ2v) is 1.48. The summed E-state index contributed by atoms with van der Waals surface area (Å²) in [5.74, 6) is 0. The number of aryl methyl sites for hydroxylation is 1. The van der Waals surface area contributed by atoms with Crippen LogP contribution < -0.4 is 0 Å². The lowest BCUT2D eigenvalue weighted by Gasteiger charge is -1.76. The van der Waals surface area contributed by atoms with E-state index in [0.29, 0.717) is 0 Å². The first kappa shape index (κ1) is 12.7. The van der Waals surface area contributed by atoms with Gasteiger partial charge in [-0.15, -0.1) is 0 Å². The van der Waals surface area contributed by atoms with Gasteiger partial charge in [0, 0.05) is 19.4 Å². The summed E-state index contributed by atoms with van der Waals surface area (Å²) in [6, 6.07) is 0. The Morgan fingerprint density at radius 3 is 1.91 bits per heavy atom. The van der Waals surface area contributed by atoms with Crippen molar-refractivity contribution in [3.63, 3.8) is 0 Å². The van der Waals surface area contributed by atoms with E-state index < -0.39 is 7.54 Å². The Morgan fingerprint density at radius 2 is 1.82 bits per heavy atom. The number of hydrogen-bond acceptors (Lipinski definition) is 1. The van der Waals surface area contributed by atoms with Crippen molar-refractivity contribution in [3.8, 4) is 0 Å². The van der Waals surface area contributed by atoms with E-state index in [9.17, 15) is 12.9 Å². The summed E-state index contributed by atoms with van der Waals surface area (Å²) in [6.07, 6.45) is 5.39. The lowest BCUT2D eigenvalue weighted by Crippen LogP contribution is -1.76. The third-order valence-corrected chi connectivity index (χ3v) is 0.637. The molecule has 0 N–H and O–H groups in total. The van der Waals surface area contributed by atoms with E-state index in [2.05, 4.69) is 4.98 Å². The van der Waals surface area contributed by atoms with Crippen LogP contribution in [0, 0.1) is 0 Å². The molecule has 0 saturated heterocycles. The van der Waals surface area contributed by atoms with Crippen LogP contribution in [0.25, 0.3) is 0 Å². The third-order valence-electron chi connectivity index (χ3n) is 0.637. The number of aromatic nitrogens is 2. The first-order valence-corrected chi connectivity index (χ1v) is 2.47. The van der Waals surface area contributed by atoms with Gasteiger partial charge < -0.3 is 4.57 Å². The van der Waals surface area contributed by atoms with E-state index in [1.165, 1.54) is 0 Å². The molecule has 0 saturated carbocycles. The van der Waals surface area contributed by atoms with E-state index >= 15 is 0 Å². The molecule has 11 heavy (non-hydrogen) atoms. The van der Waals surface area contributed by atoms with Gasteiger partial charge in [0.1, 0.15) is 0 Å². The first-order valence-electron chi connectivity index (χ1n) is 2.47. The van der Waals surface area contributed by atoms with Gasteiger partial charge in [0.2, 0.25) is 0 Å². The molecule has 0 aliphatic heterocycles. The minimum absolute atomic E-state index is 0. The average Bonchev–Trinajstić information content (AvgIpc) is 2.15. The Bertz CT molecular complexity index is 152. The average molecular weight is 170 g/mol. The zero-order chi connectivity index (χ0) is 7.98. The molecule has 7 heteroatoms. The van der Waals surface area contributed by atoms with Gasteiger partial charge in [-0.1, -0.05) is 0 Å². The quantitative estimate of drug-likeness (QED) is 0.425. The molecule has 1 heterocycles. The highest BCUT2D eigenvalue weighted by molar-refractivity contribution is 6.33. The minimum atomic E-state index is -3.67. The molecule has 0 aliphatic carbocycles. The van der Waals surface area contributed by atoms with Crippen LogP contribution in [0.5, 0.6) is 0 Å². The molecule has 0 bridgehead atoms. The fourth-order valence-corrected chi connectivity index (χ4v) is 0.326. The van der Waals surface area contributed by atoms with Crippen LogP contribution in [-0.2, 0) is 7.05 Å². The molecular formula is C4H7BF4N2. The molecule has 1 rings (SSSR count). The Hall–Kier alpha value is -1.01. The van der Waals surface area contributed by atoms with Gasteiger partial charge in [-0.05, 0) is 0 Å². The molecule has 2 nitrogen and oxygen atoms in total. The molecule has 0 amide bonds. The zero-order valence-corrected chi connectivity index (χ0v) is 5.75. The Labute approximate surface area is 61.6 Å². The van der Waals surface area contributed by atoms with E-state index in [1.807, 2.05) is 17.8 Å². The normalized spacial score (nSPS) is 7.27. The Kier molecular flexibility index (Phi) is 8.17. The molecule has 1 aromatic heterocycles. The van der Waals surface area contributed by atoms with Crippen molar-refractivity contribution in [3.05, 3.63) is 18.7 Å². The Balaban J connectivity index is 0. The molecule has 0 aromatic carbocycles. The largest absolute Gasteiger partial charge is 0.762 e. The van der Waals surface area contributed by atoms with E-state index in [1.54, 1.807) is 12.5 Å². The van der Waals surface area contributed by atoms with Gasteiger partial charge in [0.25, 0.3) is 0 Å². The van der Waals surface area contributed by atoms with Crippen LogP contribution in [0.2, 0.25) is 0 Å². The number of rotatable bonds is 0. The number of hydrogen-bond donors (Lipinski definition) is 0. The molecule has 0 aliphatic rings. The highest BCUT2D eigenvalue weighted by Crippen LogP contribution is 1.80. The molecular weight excluding hydrogens is 163 g/mol. The highest BCUT2D eigenvalue weighted by Gasteiger charge is 2.06. The standard InChI is InChI=1S/C4H6N2.BF3.FH/c1-6-3-2-5-4-6;2-1(3)4;/h2-4H,1H3;;1H. The summed E-state index contributed by atoms with van der Waals surface area (Å²) in [5, 5.41) is 0. The van der Waals surface area contributed by atoms with Crippen molar-refractivity contribution in [2.75, 3.05) is 0 Å². The van der Waals surface area contributed by atoms with Crippen molar-refractivity contribution in [1.29, 1.82) is 0 Å². The summed E-state index contributed by atoms with van der Waals surface area (Å²) in [4.78, 5) is 3.78. The molecule has 0 radical (unpaired) electrons. The highest BCUT2D eigenvalue weighted by atomic mass is 19.4. The lowest BCUT2D eigenvalue weighted by atomic mass is 10.5. The van der Waals surface area contributed by atoms with Gasteiger partial charge in [-0.2, -0.15) is 0 Å². The van der Waals surface area contributed by atoms with Crippen molar-refractivity contribution in [2.45, 2.75) is 0 Å². The van der Waals surface area contributed by atoms with Crippen LogP contribution in [0.4, 0.5) is 17.7 Å². The van der Waals surface area contributed by atoms with Crippen molar-refractivity contribution >= 4 is 7.54 Å². The fourth-order valence-electron chi connectivity index (χ4n) is 0.326. The fraction of sp³-hybridized carbons (Fsp3) is 0.250. The maximum atomic E-state index is 9.67. The van der Waals surface area contributed by atoms with Crippen molar-refractivity contribution in [2.24, 2.45) is 7.05 Å². The van der Waals surface area contributed by atoms with Crippen LogP contribution in [0.1, 0.15) is 0 Å². The van der Waals surface area contributed by atoms with Gasteiger partial charge >= 0.3 is 7.54 Å². The summed E-state index contributed by atoms with van der Waals surface area (Å²) in [6.45, 7) is 0. The van der Waals surface area contributed by atoms with E-state index in [0.717, 1.165) is 0 Å². The predicted octanol–water partition coefficient (Wildman–Crippen LogP) is 1.45.